The number of nitrogens with one attached hydrogen (secondary N) is 1. The van der Waals surface area contributed by atoms with Gasteiger partial charge in [0.1, 0.15) is 17.5 Å². The van der Waals surface area contributed by atoms with Crippen molar-refractivity contribution in [1.29, 1.82) is 0 Å². The molecule has 1 heterocycles. The van der Waals surface area contributed by atoms with Gasteiger partial charge in [0.05, 0.1) is 7.11 Å². The Morgan fingerprint density at radius 2 is 2.20 bits per heavy atom. The largest absolute Gasteiger partial charge is 0.497 e. The van der Waals surface area contributed by atoms with Crippen molar-refractivity contribution in [3.8, 4) is 5.75 Å². The van der Waals surface area contributed by atoms with Gasteiger partial charge in [-0.05, 0) is 49.3 Å². The Hall–Kier alpha value is -1.55. The summed E-state index contributed by atoms with van der Waals surface area (Å²) in [6.07, 6.45) is 4.50. The van der Waals surface area contributed by atoms with Crippen molar-refractivity contribution in [2.75, 3.05) is 13.7 Å². The van der Waals surface area contributed by atoms with Gasteiger partial charge in [0.25, 0.3) is 0 Å². The number of nitrogens with zero attached hydrogens (tertiary/aromatic N) is 1. The molecule has 3 fully saturated rings. The number of carbonyl (C=O) groups excluding carboxylic acids is 1. The number of rotatable bonds is 4. The van der Waals surface area contributed by atoms with E-state index in [2.05, 4.69) is 16.3 Å². The summed E-state index contributed by atoms with van der Waals surface area (Å²) in [7, 11) is 1.68. The average Bonchev–Trinajstić information content (AvgIpc) is 3.37. The molecule has 2 aliphatic carbocycles. The quantitative estimate of drug-likeness (QED) is 0.912. The van der Waals surface area contributed by atoms with Crippen LogP contribution in [0.25, 0.3) is 0 Å². The van der Waals surface area contributed by atoms with Crippen LogP contribution >= 0.6 is 0 Å². The zero-order chi connectivity index (χ0) is 13.7. The van der Waals surface area contributed by atoms with Gasteiger partial charge < -0.3 is 9.64 Å². The molecule has 3 aliphatic rings. The monoisotopic (exact) mass is 272 g/mol. The predicted molar refractivity (Wildman–Crippen MR) is 75.3 cm³/mol. The second-order valence-electron chi connectivity index (χ2n) is 6.31. The molecule has 4 nitrogen and oxygen atoms in total. The molecular formula is C16H20N2O2. The fourth-order valence-electron chi connectivity index (χ4n) is 3.12. The molecule has 106 valence electrons. The number of ether oxygens (including phenoxy) is 1. The fourth-order valence-corrected chi connectivity index (χ4v) is 3.12. The first-order valence-corrected chi connectivity index (χ1v) is 7.45. The maximum Gasteiger partial charge on any atom is 0.244 e. The Bertz CT molecular complexity index is 549. The van der Waals surface area contributed by atoms with Gasteiger partial charge in [-0.1, -0.05) is 12.1 Å². The molecule has 1 saturated heterocycles. The van der Waals surface area contributed by atoms with Gasteiger partial charge in [-0.25, -0.2) is 0 Å². The molecule has 2 saturated carbocycles. The first kappa shape index (κ1) is 12.2. The van der Waals surface area contributed by atoms with Gasteiger partial charge in [0.2, 0.25) is 5.91 Å². The average molecular weight is 272 g/mol. The molecule has 1 aromatic rings. The van der Waals surface area contributed by atoms with Crippen molar-refractivity contribution in [3.05, 3.63) is 29.8 Å². The Morgan fingerprint density at radius 3 is 2.85 bits per heavy atom. The van der Waals surface area contributed by atoms with Crippen LogP contribution in [0.2, 0.25) is 0 Å². The van der Waals surface area contributed by atoms with Crippen LogP contribution in [-0.2, 0) is 4.79 Å². The minimum absolute atomic E-state index is 0.0145. The lowest BCUT2D eigenvalue weighted by atomic mass is 10.1. The fraction of sp³-hybridized carbons (Fsp3) is 0.562. The highest BCUT2D eigenvalue weighted by Gasteiger charge is 2.59. The summed E-state index contributed by atoms with van der Waals surface area (Å²) in [4.78, 5) is 14.7. The second kappa shape index (κ2) is 4.22. The van der Waals surface area contributed by atoms with Crippen molar-refractivity contribution in [2.45, 2.75) is 37.4 Å². The van der Waals surface area contributed by atoms with Crippen molar-refractivity contribution >= 4 is 5.91 Å². The maximum atomic E-state index is 12.6. The topological polar surface area (TPSA) is 41.6 Å². The number of hydrogen-bond acceptors (Lipinski definition) is 3. The summed E-state index contributed by atoms with van der Waals surface area (Å²) < 4.78 is 5.31. The second-order valence-corrected chi connectivity index (χ2v) is 6.31. The number of benzene rings is 1. The van der Waals surface area contributed by atoms with Crippen molar-refractivity contribution in [1.82, 2.24) is 10.2 Å². The van der Waals surface area contributed by atoms with Gasteiger partial charge in [-0.15, -0.1) is 0 Å². The zero-order valence-corrected chi connectivity index (χ0v) is 11.8. The molecule has 0 radical (unpaired) electrons. The van der Waals surface area contributed by atoms with Crippen molar-refractivity contribution in [3.63, 3.8) is 0 Å². The van der Waals surface area contributed by atoms with Crippen LogP contribution < -0.4 is 10.1 Å². The normalized spacial score (nSPS) is 27.1. The predicted octanol–water partition coefficient (Wildman–Crippen LogP) is 2.07. The summed E-state index contributed by atoms with van der Waals surface area (Å²) >= 11 is 0. The molecule has 0 aromatic heterocycles. The first-order valence-electron chi connectivity index (χ1n) is 7.45. The van der Waals surface area contributed by atoms with Gasteiger partial charge in [-0.2, -0.15) is 0 Å². The molecule has 4 heteroatoms. The van der Waals surface area contributed by atoms with Crippen LogP contribution in [0, 0.1) is 5.92 Å². The van der Waals surface area contributed by atoms with E-state index in [0.717, 1.165) is 30.7 Å². The minimum atomic E-state index is -0.247. The van der Waals surface area contributed by atoms with E-state index in [4.69, 9.17) is 4.74 Å². The zero-order valence-electron chi connectivity index (χ0n) is 11.8. The Kier molecular flexibility index (Phi) is 2.58. The van der Waals surface area contributed by atoms with E-state index in [1.807, 2.05) is 18.2 Å². The van der Waals surface area contributed by atoms with E-state index in [0.29, 0.717) is 11.8 Å². The van der Waals surface area contributed by atoms with Gasteiger partial charge in [-0.3, -0.25) is 10.1 Å². The molecule has 1 aromatic carbocycles. The summed E-state index contributed by atoms with van der Waals surface area (Å²) in [5, 5.41) is 3.56. The molecule has 1 atom stereocenters. The molecule has 0 bridgehead atoms. The summed E-state index contributed by atoms with van der Waals surface area (Å²) in [6, 6.07) is 8.05. The first-order chi connectivity index (χ1) is 9.72. The SMILES string of the molecule is COc1cccc(C2NC3(CC3)C(=O)N2CC2CC2)c1. The van der Waals surface area contributed by atoms with Crippen LogP contribution in [-0.4, -0.2) is 30.0 Å². The number of hydrogen-bond donors (Lipinski definition) is 1. The molecule has 1 N–H and O–H groups in total. The number of amides is 1. The lowest BCUT2D eigenvalue weighted by Gasteiger charge is -2.24. The Balaban J connectivity index is 1.65. The summed E-state index contributed by atoms with van der Waals surface area (Å²) in [5.41, 5.74) is 0.880. The maximum absolute atomic E-state index is 12.6. The van der Waals surface area contributed by atoms with E-state index in [-0.39, 0.29) is 11.7 Å². The molecule has 4 rings (SSSR count). The highest BCUT2D eigenvalue weighted by atomic mass is 16.5. The number of methoxy groups -OCH3 is 1. The van der Waals surface area contributed by atoms with Gasteiger partial charge in [0, 0.05) is 6.54 Å². The van der Waals surface area contributed by atoms with Gasteiger partial charge in [0.15, 0.2) is 0 Å². The molecule has 20 heavy (non-hydrogen) atoms. The molecular weight excluding hydrogens is 252 g/mol. The summed E-state index contributed by atoms with van der Waals surface area (Å²) in [5.74, 6) is 1.86. The lowest BCUT2D eigenvalue weighted by molar-refractivity contribution is -0.131. The standard InChI is InChI=1S/C16H20N2O2/c1-20-13-4-2-3-12(9-13)14-17-16(7-8-16)15(19)18(14)10-11-5-6-11/h2-4,9,11,14,17H,5-8,10H2,1H3. The van der Waals surface area contributed by atoms with Crippen molar-refractivity contribution < 1.29 is 9.53 Å². The Morgan fingerprint density at radius 1 is 1.40 bits per heavy atom. The van der Waals surface area contributed by atoms with Crippen LogP contribution in [0.1, 0.15) is 37.4 Å². The minimum Gasteiger partial charge on any atom is -0.497 e. The van der Waals surface area contributed by atoms with Crippen LogP contribution in [0.5, 0.6) is 5.75 Å². The highest BCUT2D eigenvalue weighted by Crippen LogP contribution is 2.47. The van der Waals surface area contributed by atoms with Gasteiger partial charge >= 0.3 is 0 Å². The highest BCUT2D eigenvalue weighted by molar-refractivity contribution is 5.92. The third kappa shape index (κ3) is 1.90. The third-order valence-electron chi connectivity index (χ3n) is 4.71. The van der Waals surface area contributed by atoms with E-state index in [1.54, 1.807) is 7.11 Å². The lowest BCUT2D eigenvalue weighted by Crippen LogP contribution is -2.33. The smallest absolute Gasteiger partial charge is 0.244 e. The molecule has 1 spiro atoms. The third-order valence-corrected chi connectivity index (χ3v) is 4.71. The molecule has 1 aliphatic heterocycles. The van der Waals surface area contributed by atoms with E-state index >= 15 is 0 Å². The summed E-state index contributed by atoms with van der Waals surface area (Å²) in [6.45, 7) is 0.898. The van der Waals surface area contributed by atoms with E-state index < -0.39 is 0 Å². The van der Waals surface area contributed by atoms with Crippen LogP contribution in [0.4, 0.5) is 0 Å². The van der Waals surface area contributed by atoms with E-state index in [9.17, 15) is 4.79 Å². The van der Waals surface area contributed by atoms with Crippen LogP contribution in [0.15, 0.2) is 24.3 Å². The van der Waals surface area contributed by atoms with Crippen LogP contribution in [0.3, 0.4) is 0 Å². The Labute approximate surface area is 119 Å². The molecule has 1 unspecified atom stereocenters. The molecule has 1 amide bonds. The van der Waals surface area contributed by atoms with E-state index in [1.165, 1.54) is 12.8 Å². The van der Waals surface area contributed by atoms with Crippen molar-refractivity contribution in [2.24, 2.45) is 5.92 Å². The number of carbonyl (C=O) groups is 1.